The van der Waals surface area contributed by atoms with Gasteiger partial charge < -0.3 is 29.2 Å². The molecule has 5 unspecified atom stereocenters. The van der Waals surface area contributed by atoms with Gasteiger partial charge in [-0.15, -0.1) is 0 Å². The minimum atomic E-state index is -1.10. The lowest BCUT2D eigenvalue weighted by Gasteiger charge is -2.31. The number of hydrogen-bond acceptors (Lipinski definition) is 6. The predicted molar refractivity (Wildman–Crippen MR) is 42.2 cm³/mol. The summed E-state index contributed by atoms with van der Waals surface area (Å²) in [6.07, 6.45) is -3.16. The third kappa shape index (κ3) is 1.67. The molecule has 0 bridgehead atoms. The highest BCUT2D eigenvalue weighted by Gasteiger charge is 2.47. The SMILES string of the molecule is O=CCC1OC2C(O)COC(O)C2O1. The molecule has 0 spiro atoms. The molecule has 2 aliphatic rings. The zero-order chi connectivity index (χ0) is 10.1. The fourth-order valence-corrected chi connectivity index (χ4v) is 1.65. The van der Waals surface area contributed by atoms with Crippen molar-refractivity contribution in [2.45, 2.75) is 37.3 Å². The maximum atomic E-state index is 10.2. The molecular formula is C8H12O6. The molecule has 0 aromatic carbocycles. The van der Waals surface area contributed by atoms with Crippen molar-refractivity contribution in [1.82, 2.24) is 0 Å². The van der Waals surface area contributed by atoms with E-state index in [2.05, 4.69) is 0 Å². The van der Waals surface area contributed by atoms with Crippen molar-refractivity contribution >= 4 is 6.29 Å². The van der Waals surface area contributed by atoms with Gasteiger partial charge in [0.15, 0.2) is 12.6 Å². The Morgan fingerprint density at radius 3 is 2.64 bits per heavy atom. The first-order valence-electron chi connectivity index (χ1n) is 4.44. The van der Waals surface area contributed by atoms with Crippen molar-refractivity contribution in [1.29, 1.82) is 0 Å². The van der Waals surface area contributed by atoms with Gasteiger partial charge in [-0.3, -0.25) is 0 Å². The van der Waals surface area contributed by atoms with E-state index in [0.29, 0.717) is 6.29 Å². The molecule has 2 saturated heterocycles. The first-order valence-corrected chi connectivity index (χ1v) is 4.44. The van der Waals surface area contributed by atoms with E-state index in [1.807, 2.05) is 0 Å². The molecular weight excluding hydrogens is 192 g/mol. The Labute approximate surface area is 80.4 Å². The van der Waals surface area contributed by atoms with Crippen LogP contribution in [0, 0.1) is 0 Å². The molecule has 2 N–H and O–H groups in total. The predicted octanol–water partition coefficient (Wildman–Crippen LogP) is -1.61. The first-order chi connectivity index (χ1) is 6.72. The van der Waals surface area contributed by atoms with E-state index in [1.165, 1.54) is 0 Å². The van der Waals surface area contributed by atoms with Crippen molar-refractivity contribution in [2.24, 2.45) is 0 Å². The highest BCUT2D eigenvalue weighted by atomic mass is 16.8. The number of rotatable bonds is 2. The van der Waals surface area contributed by atoms with Gasteiger partial charge in [0, 0.05) is 0 Å². The molecule has 0 aromatic rings. The van der Waals surface area contributed by atoms with Crippen LogP contribution in [0.1, 0.15) is 6.42 Å². The molecule has 5 atom stereocenters. The van der Waals surface area contributed by atoms with Crippen LogP contribution >= 0.6 is 0 Å². The lowest BCUT2D eigenvalue weighted by atomic mass is 10.1. The lowest BCUT2D eigenvalue weighted by molar-refractivity contribution is -0.223. The quantitative estimate of drug-likeness (QED) is 0.527. The van der Waals surface area contributed by atoms with E-state index >= 15 is 0 Å². The number of ether oxygens (including phenoxy) is 3. The number of aldehydes is 1. The summed E-state index contributed by atoms with van der Waals surface area (Å²) in [5, 5.41) is 18.8. The lowest BCUT2D eigenvalue weighted by Crippen LogP contribution is -2.51. The molecule has 0 amide bonds. The Bertz CT molecular complexity index is 202. The van der Waals surface area contributed by atoms with Crippen LogP contribution in [0.25, 0.3) is 0 Å². The van der Waals surface area contributed by atoms with Gasteiger partial charge in [-0.2, -0.15) is 0 Å². The molecule has 0 saturated carbocycles. The topological polar surface area (TPSA) is 85.2 Å². The summed E-state index contributed by atoms with van der Waals surface area (Å²) < 4.78 is 15.3. The van der Waals surface area contributed by atoms with Crippen LogP contribution in [0.4, 0.5) is 0 Å². The van der Waals surface area contributed by atoms with Crippen LogP contribution in [0.3, 0.4) is 0 Å². The van der Waals surface area contributed by atoms with Gasteiger partial charge in [-0.1, -0.05) is 0 Å². The molecule has 0 aromatic heterocycles. The Balaban J connectivity index is 2.02. The van der Waals surface area contributed by atoms with Gasteiger partial charge in [-0.25, -0.2) is 0 Å². The van der Waals surface area contributed by atoms with Gasteiger partial charge in [0.2, 0.25) is 0 Å². The van der Waals surface area contributed by atoms with Crippen LogP contribution in [0.2, 0.25) is 0 Å². The monoisotopic (exact) mass is 204 g/mol. The maximum absolute atomic E-state index is 10.2. The molecule has 6 nitrogen and oxygen atoms in total. The molecule has 2 rings (SSSR count). The van der Waals surface area contributed by atoms with Gasteiger partial charge in [-0.05, 0) is 0 Å². The molecule has 6 heteroatoms. The summed E-state index contributed by atoms with van der Waals surface area (Å²) >= 11 is 0. The number of carbonyl (C=O) groups is 1. The number of fused-ring (bicyclic) bond motifs is 1. The first kappa shape index (κ1) is 10.0. The Hall–Kier alpha value is -0.530. The van der Waals surface area contributed by atoms with Crippen molar-refractivity contribution in [3.05, 3.63) is 0 Å². The van der Waals surface area contributed by atoms with Gasteiger partial charge in [0.25, 0.3) is 0 Å². The molecule has 0 radical (unpaired) electrons. The summed E-state index contributed by atoms with van der Waals surface area (Å²) in [5.74, 6) is 0. The Morgan fingerprint density at radius 2 is 2.00 bits per heavy atom. The molecule has 80 valence electrons. The second-order valence-corrected chi connectivity index (χ2v) is 3.32. The van der Waals surface area contributed by atoms with Gasteiger partial charge in [0.05, 0.1) is 13.0 Å². The molecule has 2 aliphatic heterocycles. The zero-order valence-corrected chi connectivity index (χ0v) is 7.41. The summed E-state index contributed by atoms with van der Waals surface area (Å²) in [7, 11) is 0. The largest absolute Gasteiger partial charge is 0.388 e. The summed E-state index contributed by atoms with van der Waals surface area (Å²) in [6, 6.07) is 0. The Kier molecular flexibility index (Phi) is 2.80. The highest BCUT2D eigenvalue weighted by Crippen LogP contribution is 2.29. The smallest absolute Gasteiger partial charge is 0.184 e. The van der Waals surface area contributed by atoms with Crippen molar-refractivity contribution < 1.29 is 29.2 Å². The number of carbonyl (C=O) groups excluding carboxylic acids is 1. The van der Waals surface area contributed by atoms with E-state index in [-0.39, 0.29) is 13.0 Å². The van der Waals surface area contributed by atoms with Crippen LogP contribution in [0.5, 0.6) is 0 Å². The zero-order valence-electron chi connectivity index (χ0n) is 7.41. The average Bonchev–Trinajstić information content (AvgIpc) is 2.57. The number of aliphatic hydroxyl groups is 2. The van der Waals surface area contributed by atoms with E-state index in [0.717, 1.165) is 0 Å². The third-order valence-electron chi connectivity index (χ3n) is 2.33. The summed E-state index contributed by atoms with van der Waals surface area (Å²) in [4.78, 5) is 10.2. The van der Waals surface area contributed by atoms with E-state index in [1.54, 1.807) is 0 Å². The highest BCUT2D eigenvalue weighted by molar-refractivity contribution is 5.49. The average molecular weight is 204 g/mol. The summed E-state index contributed by atoms with van der Waals surface area (Å²) in [5.41, 5.74) is 0. The molecule has 2 fully saturated rings. The number of hydrogen-bond donors (Lipinski definition) is 2. The van der Waals surface area contributed by atoms with Gasteiger partial charge >= 0.3 is 0 Å². The standard InChI is InChI=1S/C8H12O6/c9-2-1-5-13-6-4(10)3-12-8(11)7(6)14-5/h2,4-8,10-11H,1,3H2. The van der Waals surface area contributed by atoms with Crippen molar-refractivity contribution in [2.75, 3.05) is 6.61 Å². The van der Waals surface area contributed by atoms with E-state index in [4.69, 9.17) is 14.2 Å². The number of aliphatic hydroxyl groups excluding tert-OH is 2. The van der Waals surface area contributed by atoms with E-state index < -0.39 is 30.9 Å². The van der Waals surface area contributed by atoms with Crippen molar-refractivity contribution in [3.8, 4) is 0 Å². The van der Waals surface area contributed by atoms with Crippen molar-refractivity contribution in [3.63, 3.8) is 0 Å². The molecule has 14 heavy (non-hydrogen) atoms. The minimum absolute atomic E-state index is 0.0134. The second-order valence-electron chi connectivity index (χ2n) is 3.32. The summed E-state index contributed by atoms with van der Waals surface area (Å²) in [6.45, 7) is 0.0134. The maximum Gasteiger partial charge on any atom is 0.184 e. The fourth-order valence-electron chi connectivity index (χ4n) is 1.65. The van der Waals surface area contributed by atoms with Crippen LogP contribution in [0.15, 0.2) is 0 Å². The molecule has 2 heterocycles. The third-order valence-corrected chi connectivity index (χ3v) is 2.33. The van der Waals surface area contributed by atoms with Crippen LogP contribution < -0.4 is 0 Å². The van der Waals surface area contributed by atoms with Crippen LogP contribution in [-0.4, -0.2) is 54.0 Å². The second kappa shape index (κ2) is 3.92. The molecule has 0 aliphatic carbocycles. The fraction of sp³-hybridized carbons (Fsp3) is 0.875. The minimum Gasteiger partial charge on any atom is -0.388 e. The van der Waals surface area contributed by atoms with E-state index in [9.17, 15) is 15.0 Å². The normalized spacial score (nSPS) is 47.4. The van der Waals surface area contributed by atoms with Gasteiger partial charge in [0.1, 0.15) is 24.6 Å². The van der Waals surface area contributed by atoms with Crippen LogP contribution in [-0.2, 0) is 19.0 Å². The Morgan fingerprint density at radius 1 is 1.29 bits per heavy atom.